The molecule has 7 nitrogen and oxygen atoms in total. The Morgan fingerprint density at radius 2 is 1.74 bits per heavy atom. The zero-order valence-electron chi connectivity index (χ0n) is 10.8. The van der Waals surface area contributed by atoms with E-state index in [1.807, 2.05) is 0 Å². The van der Waals surface area contributed by atoms with Crippen molar-refractivity contribution in [2.45, 2.75) is 26.4 Å². The van der Waals surface area contributed by atoms with Crippen LogP contribution in [0.2, 0.25) is 0 Å². The van der Waals surface area contributed by atoms with E-state index in [1.165, 1.54) is 12.1 Å². The number of amides is 1. The maximum atomic E-state index is 11.3. The molecule has 0 fully saturated rings. The zero-order valence-corrected chi connectivity index (χ0v) is 10.8. The molecule has 0 aliphatic carbocycles. The topological polar surface area (TPSA) is 85.3 Å². The molecule has 0 bridgehead atoms. The lowest BCUT2D eigenvalue weighted by atomic mass is 10.2. The van der Waals surface area contributed by atoms with E-state index in [9.17, 15) is 9.59 Å². The van der Waals surface area contributed by atoms with Gasteiger partial charge in [0.1, 0.15) is 11.4 Å². The van der Waals surface area contributed by atoms with Crippen LogP contribution in [0.15, 0.2) is 30.3 Å². The fourth-order valence-electron chi connectivity index (χ4n) is 1.01. The molecule has 19 heavy (non-hydrogen) atoms. The van der Waals surface area contributed by atoms with Gasteiger partial charge >= 0.3 is 12.2 Å². The molecule has 0 radical (unpaired) electrons. The van der Waals surface area contributed by atoms with Crippen LogP contribution in [0, 0.1) is 0 Å². The van der Waals surface area contributed by atoms with Gasteiger partial charge in [-0.1, -0.05) is 18.2 Å². The van der Waals surface area contributed by atoms with E-state index >= 15 is 0 Å². The van der Waals surface area contributed by atoms with Crippen molar-refractivity contribution in [3.05, 3.63) is 30.3 Å². The van der Waals surface area contributed by atoms with Gasteiger partial charge in [-0.15, -0.1) is 0 Å². The second-order valence-electron chi connectivity index (χ2n) is 4.51. The molecule has 1 amide bonds. The monoisotopic (exact) mass is 269 g/mol. The van der Waals surface area contributed by atoms with Crippen molar-refractivity contribution in [2.75, 3.05) is 0 Å². The maximum Gasteiger partial charge on any atom is 0.541 e. The summed E-state index contributed by atoms with van der Waals surface area (Å²) in [6, 6.07) is 8.05. The Bertz CT molecular complexity index is 439. The summed E-state index contributed by atoms with van der Waals surface area (Å²) in [6.07, 6.45) is -2.49. The quantitative estimate of drug-likeness (QED) is 0.365. The number of para-hydroxylation sites is 1. The number of carbonyl (C=O) groups excluding carboxylic acids is 2. The van der Waals surface area contributed by atoms with Crippen LogP contribution in [-0.4, -0.2) is 28.3 Å². The highest BCUT2D eigenvalue weighted by atomic mass is 17.0. The number of hydroxylamine groups is 2. The average molecular weight is 269 g/mol. The van der Waals surface area contributed by atoms with Gasteiger partial charge < -0.3 is 9.47 Å². The first kappa shape index (κ1) is 14.8. The first-order valence-electron chi connectivity index (χ1n) is 5.45. The lowest BCUT2D eigenvalue weighted by molar-refractivity contribution is -0.278. The third-order valence-corrected chi connectivity index (χ3v) is 1.66. The summed E-state index contributed by atoms with van der Waals surface area (Å²) < 4.78 is 9.45. The molecule has 0 saturated carbocycles. The van der Waals surface area contributed by atoms with Crippen molar-refractivity contribution in [1.82, 2.24) is 5.23 Å². The van der Waals surface area contributed by atoms with Gasteiger partial charge in [0, 0.05) is 5.23 Å². The molecule has 1 N–H and O–H groups in total. The smallest absolute Gasteiger partial charge is 0.440 e. The lowest BCUT2D eigenvalue weighted by Gasteiger charge is -2.21. The Morgan fingerprint density at radius 1 is 1.16 bits per heavy atom. The minimum Gasteiger partial charge on any atom is -0.440 e. The number of benzene rings is 1. The first-order valence-corrected chi connectivity index (χ1v) is 5.45. The molecule has 0 aliphatic heterocycles. The van der Waals surface area contributed by atoms with Crippen LogP contribution in [0.25, 0.3) is 0 Å². The minimum absolute atomic E-state index is 0.213. The Hall–Kier alpha value is -2.28. The van der Waals surface area contributed by atoms with Gasteiger partial charge in [-0.3, -0.25) is 4.84 Å². The van der Waals surface area contributed by atoms with E-state index in [1.54, 1.807) is 39.0 Å². The third kappa shape index (κ3) is 5.73. The van der Waals surface area contributed by atoms with Gasteiger partial charge in [0.2, 0.25) is 0 Å². The number of carbonyl (C=O) groups is 2. The third-order valence-electron chi connectivity index (χ3n) is 1.66. The van der Waals surface area contributed by atoms with E-state index in [0.717, 1.165) is 0 Å². The molecule has 1 rings (SSSR count). The van der Waals surface area contributed by atoms with Crippen molar-refractivity contribution in [3.63, 3.8) is 0 Å². The molecular formula is C12H15NO6. The Kier molecular flexibility index (Phi) is 4.71. The number of ether oxygens (including phenoxy) is 2. The fourth-order valence-corrected chi connectivity index (χ4v) is 1.01. The normalized spacial score (nSPS) is 10.5. The molecule has 0 unspecified atom stereocenters. The standard InChI is InChI=1S/C12H15NO6/c1-12(2,3)18-10(14)13(16)19-11(15)17-9-7-5-4-6-8-9/h4-8,16H,1-3H3. The minimum atomic E-state index is -1.26. The van der Waals surface area contributed by atoms with Gasteiger partial charge in [-0.05, 0) is 32.9 Å². The van der Waals surface area contributed by atoms with E-state index in [4.69, 9.17) is 14.7 Å². The average Bonchev–Trinajstić information content (AvgIpc) is 2.27. The van der Waals surface area contributed by atoms with Crippen LogP contribution in [0.5, 0.6) is 5.75 Å². The summed E-state index contributed by atoms with van der Waals surface area (Å²) in [4.78, 5) is 26.7. The molecule has 0 saturated heterocycles. The van der Waals surface area contributed by atoms with Gasteiger partial charge in [-0.25, -0.2) is 14.8 Å². The molecule has 0 atom stereocenters. The van der Waals surface area contributed by atoms with Crippen molar-refractivity contribution in [3.8, 4) is 5.75 Å². The molecule has 0 spiro atoms. The molecule has 0 heterocycles. The van der Waals surface area contributed by atoms with Crippen molar-refractivity contribution >= 4 is 12.2 Å². The highest BCUT2D eigenvalue weighted by Crippen LogP contribution is 2.11. The summed E-state index contributed by atoms with van der Waals surface area (Å²) in [7, 11) is 0. The number of hydrogen-bond acceptors (Lipinski definition) is 6. The van der Waals surface area contributed by atoms with Crippen LogP contribution in [0.3, 0.4) is 0 Å². The molecule has 104 valence electrons. The number of nitrogens with zero attached hydrogens (tertiary/aromatic N) is 1. The largest absolute Gasteiger partial charge is 0.541 e. The number of hydrogen-bond donors (Lipinski definition) is 1. The van der Waals surface area contributed by atoms with Crippen molar-refractivity contribution in [1.29, 1.82) is 0 Å². The van der Waals surface area contributed by atoms with Crippen LogP contribution < -0.4 is 4.74 Å². The van der Waals surface area contributed by atoms with Gasteiger partial charge in [0.25, 0.3) is 0 Å². The number of rotatable bonds is 1. The summed E-state index contributed by atoms with van der Waals surface area (Å²) in [5.74, 6) is 0.213. The van der Waals surface area contributed by atoms with E-state index < -0.39 is 17.8 Å². The first-order chi connectivity index (χ1) is 8.78. The fraction of sp³-hybridized carbons (Fsp3) is 0.333. The summed E-state index contributed by atoms with van der Waals surface area (Å²) in [6.45, 7) is 4.79. The molecule has 0 aromatic heterocycles. The van der Waals surface area contributed by atoms with E-state index in [2.05, 4.69) is 4.84 Å². The van der Waals surface area contributed by atoms with Crippen LogP contribution in [-0.2, 0) is 9.57 Å². The van der Waals surface area contributed by atoms with Gasteiger partial charge in [0.05, 0.1) is 0 Å². The van der Waals surface area contributed by atoms with Gasteiger partial charge in [-0.2, -0.15) is 0 Å². The highest BCUT2D eigenvalue weighted by Gasteiger charge is 2.25. The molecule has 7 heteroatoms. The summed E-state index contributed by atoms with van der Waals surface area (Å²) in [5, 5.41) is 8.84. The predicted molar refractivity (Wildman–Crippen MR) is 63.4 cm³/mol. The van der Waals surface area contributed by atoms with Gasteiger partial charge in [0.15, 0.2) is 0 Å². The Labute approximate surface area is 110 Å². The molecule has 1 aromatic rings. The zero-order chi connectivity index (χ0) is 14.5. The molecule has 1 aromatic carbocycles. The summed E-state index contributed by atoms with van der Waals surface area (Å²) >= 11 is 0. The SMILES string of the molecule is CC(C)(C)OC(=O)N(O)OC(=O)Oc1ccccc1. The van der Waals surface area contributed by atoms with Crippen LogP contribution in [0.1, 0.15) is 20.8 Å². The predicted octanol–water partition coefficient (Wildman–Crippen LogP) is 2.74. The second-order valence-corrected chi connectivity index (χ2v) is 4.51. The molecule has 0 aliphatic rings. The molecular weight excluding hydrogens is 254 g/mol. The van der Waals surface area contributed by atoms with Crippen LogP contribution in [0.4, 0.5) is 9.59 Å². The van der Waals surface area contributed by atoms with E-state index in [0.29, 0.717) is 0 Å². The highest BCUT2D eigenvalue weighted by molar-refractivity contribution is 5.69. The Balaban J connectivity index is 2.46. The summed E-state index contributed by atoms with van der Waals surface area (Å²) in [5.41, 5.74) is -0.829. The maximum absolute atomic E-state index is 11.3. The van der Waals surface area contributed by atoms with Crippen LogP contribution >= 0.6 is 0 Å². The lowest BCUT2D eigenvalue weighted by Crippen LogP contribution is -2.36. The van der Waals surface area contributed by atoms with Crippen molar-refractivity contribution < 1.29 is 29.1 Å². The second kappa shape index (κ2) is 6.05. The Morgan fingerprint density at radius 3 is 2.26 bits per heavy atom. The van der Waals surface area contributed by atoms with Crippen molar-refractivity contribution in [2.24, 2.45) is 0 Å². The van der Waals surface area contributed by atoms with E-state index in [-0.39, 0.29) is 11.0 Å².